The van der Waals surface area contributed by atoms with E-state index in [1.54, 1.807) is 0 Å². The smallest absolute Gasteiger partial charge is 0.148 e. The Morgan fingerprint density at radius 3 is 1.90 bits per heavy atom. The predicted molar refractivity (Wildman–Crippen MR) is 77.6 cm³/mol. The van der Waals surface area contributed by atoms with Crippen LogP contribution in [0.15, 0.2) is 60.7 Å². The van der Waals surface area contributed by atoms with E-state index in [-0.39, 0.29) is 29.8 Å². The standard InChI is InChI=1S/C18H16O2/c19-15-11-16(13-7-3-1-4-8-13)18(17(20)12-15)14-9-5-2-6-10-14/h1-10,16,18H,11-12H2. The third kappa shape index (κ3) is 2.42. The fourth-order valence-electron chi connectivity index (χ4n) is 3.05. The highest BCUT2D eigenvalue weighted by atomic mass is 16.1. The van der Waals surface area contributed by atoms with E-state index >= 15 is 0 Å². The van der Waals surface area contributed by atoms with Crippen LogP contribution in [0.25, 0.3) is 0 Å². The highest BCUT2D eigenvalue weighted by Crippen LogP contribution is 2.40. The average molecular weight is 264 g/mol. The Kier molecular flexibility index (Phi) is 3.46. The molecular weight excluding hydrogens is 248 g/mol. The number of Topliss-reactive ketones (excluding diaryl/α,β-unsaturated/α-hetero) is 2. The zero-order chi connectivity index (χ0) is 13.9. The van der Waals surface area contributed by atoms with E-state index in [1.165, 1.54) is 0 Å². The Labute approximate surface area is 118 Å². The maximum absolute atomic E-state index is 12.4. The molecule has 1 aliphatic carbocycles. The summed E-state index contributed by atoms with van der Waals surface area (Å²) in [6.07, 6.45) is 0.526. The minimum Gasteiger partial charge on any atom is -0.299 e. The van der Waals surface area contributed by atoms with Crippen molar-refractivity contribution in [1.82, 2.24) is 0 Å². The molecular formula is C18H16O2. The van der Waals surface area contributed by atoms with Crippen LogP contribution in [0.2, 0.25) is 0 Å². The van der Waals surface area contributed by atoms with E-state index in [0.717, 1.165) is 11.1 Å². The lowest BCUT2D eigenvalue weighted by Crippen LogP contribution is -2.30. The fraction of sp³-hybridized carbons (Fsp3) is 0.222. The first-order valence-electron chi connectivity index (χ1n) is 6.90. The number of benzene rings is 2. The van der Waals surface area contributed by atoms with Crippen LogP contribution in [0.5, 0.6) is 0 Å². The molecule has 2 nitrogen and oxygen atoms in total. The van der Waals surface area contributed by atoms with Crippen molar-refractivity contribution in [1.29, 1.82) is 0 Å². The summed E-state index contributed by atoms with van der Waals surface area (Å²) in [5.74, 6) is -0.138. The first kappa shape index (κ1) is 12.8. The fourth-order valence-corrected chi connectivity index (χ4v) is 3.05. The van der Waals surface area contributed by atoms with Gasteiger partial charge in [0, 0.05) is 12.3 Å². The maximum Gasteiger partial charge on any atom is 0.148 e. The second-order valence-corrected chi connectivity index (χ2v) is 5.29. The van der Waals surface area contributed by atoms with Gasteiger partial charge in [-0.15, -0.1) is 0 Å². The first-order chi connectivity index (χ1) is 9.75. The molecule has 0 N–H and O–H groups in total. The van der Waals surface area contributed by atoms with Gasteiger partial charge in [0.15, 0.2) is 0 Å². The van der Waals surface area contributed by atoms with Gasteiger partial charge < -0.3 is 0 Å². The van der Waals surface area contributed by atoms with Gasteiger partial charge in [-0.25, -0.2) is 0 Å². The molecule has 1 saturated carbocycles. The van der Waals surface area contributed by atoms with Crippen molar-refractivity contribution in [2.45, 2.75) is 24.7 Å². The average Bonchev–Trinajstić information content (AvgIpc) is 2.48. The zero-order valence-corrected chi connectivity index (χ0v) is 11.2. The summed E-state index contributed by atoms with van der Waals surface area (Å²) in [5.41, 5.74) is 2.08. The van der Waals surface area contributed by atoms with E-state index < -0.39 is 0 Å². The Bertz CT molecular complexity index is 616. The molecule has 0 saturated heterocycles. The summed E-state index contributed by atoms with van der Waals surface area (Å²) < 4.78 is 0. The topological polar surface area (TPSA) is 34.1 Å². The Hall–Kier alpha value is -2.22. The molecule has 2 atom stereocenters. The molecule has 20 heavy (non-hydrogen) atoms. The summed E-state index contributed by atoms with van der Waals surface area (Å²) in [6, 6.07) is 19.7. The van der Waals surface area contributed by atoms with E-state index in [4.69, 9.17) is 0 Å². The monoisotopic (exact) mass is 264 g/mol. The number of carbonyl (C=O) groups excluding carboxylic acids is 2. The summed E-state index contributed by atoms with van der Waals surface area (Å²) in [7, 11) is 0. The summed E-state index contributed by atoms with van der Waals surface area (Å²) in [6.45, 7) is 0. The van der Waals surface area contributed by atoms with Crippen molar-refractivity contribution in [2.75, 3.05) is 0 Å². The van der Waals surface area contributed by atoms with Crippen LogP contribution < -0.4 is 0 Å². The molecule has 0 spiro atoms. The van der Waals surface area contributed by atoms with E-state index in [2.05, 4.69) is 0 Å². The molecule has 2 aromatic carbocycles. The van der Waals surface area contributed by atoms with Gasteiger partial charge in [-0.05, 0) is 11.1 Å². The summed E-state index contributed by atoms with van der Waals surface area (Å²) >= 11 is 0. The minimum atomic E-state index is -0.198. The van der Waals surface area contributed by atoms with Crippen molar-refractivity contribution in [3.63, 3.8) is 0 Å². The third-order valence-electron chi connectivity index (χ3n) is 3.95. The van der Waals surface area contributed by atoms with Gasteiger partial charge in [0.2, 0.25) is 0 Å². The zero-order valence-electron chi connectivity index (χ0n) is 11.2. The maximum atomic E-state index is 12.4. The predicted octanol–water partition coefficient (Wildman–Crippen LogP) is 3.49. The molecule has 2 heteroatoms. The number of rotatable bonds is 2. The van der Waals surface area contributed by atoms with Gasteiger partial charge in [-0.2, -0.15) is 0 Å². The Balaban J connectivity index is 2.03. The lowest BCUT2D eigenvalue weighted by Gasteiger charge is -2.30. The lowest BCUT2D eigenvalue weighted by atomic mass is 9.71. The van der Waals surface area contributed by atoms with Crippen molar-refractivity contribution in [3.8, 4) is 0 Å². The quantitative estimate of drug-likeness (QED) is 0.778. The SMILES string of the molecule is O=C1CC(=O)C(c2ccccc2)C(c2ccccc2)C1. The highest BCUT2D eigenvalue weighted by Gasteiger charge is 2.37. The second-order valence-electron chi connectivity index (χ2n) is 5.29. The van der Waals surface area contributed by atoms with Crippen LogP contribution in [-0.2, 0) is 9.59 Å². The number of hydrogen-bond donors (Lipinski definition) is 0. The molecule has 2 aromatic rings. The molecule has 3 rings (SSSR count). The van der Waals surface area contributed by atoms with E-state index in [9.17, 15) is 9.59 Å². The molecule has 2 unspecified atom stereocenters. The molecule has 0 radical (unpaired) electrons. The number of carbonyl (C=O) groups is 2. The van der Waals surface area contributed by atoms with Crippen LogP contribution in [0.3, 0.4) is 0 Å². The number of hydrogen-bond acceptors (Lipinski definition) is 2. The van der Waals surface area contributed by atoms with Crippen LogP contribution >= 0.6 is 0 Å². The molecule has 0 amide bonds. The van der Waals surface area contributed by atoms with Crippen molar-refractivity contribution < 1.29 is 9.59 Å². The number of ketones is 2. The first-order valence-corrected chi connectivity index (χ1v) is 6.90. The normalized spacial score (nSPS) is 22.8. The lowest BCUT2D eigenvalue weighted by molar-refractivity contribution is -0.131. The van der Waals surface area contributed by atoms with E-state index in [0.29, 0.717) is 6.42 Å². The third-order valence-corrected chi connectivity index (χ3v) is 3.95. The van der Waals surface area contributed by atoms with Crippen LogP contribution in [-0.4, -0.2) is 11.6 Å². The van der Waals surface area contributed by atoms with Gasteiger partial charge >= 0.3 is 0 Å². The van der Waals surface area contributed by atoms with Gasteiger partial charge in [-0.1, -0.05) is 60.7 Å². The van der Waals surface area contributed by atoms with Gasteiger partial charge in [0.1, 0.15) is 11.6 Å². The second kappa shape index (κ2) is 5.41. The Morgan fingerprint density at radius 1 is 0.750 bits per heavy atom. The molecule has 0 bridgehead atoms. The van der Waals surface area contributed by atoms with E-state index in [1.807, 2.05) is 60.7 Å². The van der Waals surface area contributed by atoms with Gasteiger partial charge in [-0.3, -0.25) is 9.59 Å². The molecule has 0 aromatic heterocycles. The molecule has 0 aliphatic heterocycles. The summed E-state index contributed by atoms with van der Waals surface area (Å²) in [4.78, 5) is 24.2. The van der Waals surface area contributed by atoms with Crippen molar-refractivity contribution >= 4 is 11.6 Å². The van der Waals surface area contributed by atoms with Crippen LogP contribution in [0.1, 0.15) is 35.8 Å². The Morgan fingerprint density at radius 2 is 1.30 bits per heavy atom. The van der Waals surface area contributed by atoms with Crippen LogP contribution in [0.4, 0.5) is 0 Å². The highest BCUT2D eigenvalue weighted by molar-refractivity contribution is 6.05. The molecule has 1 aliphatic rings. The van der Waals surface area contributed by atoms with Crippen LogP contribution in [0, 0.1) is 0 Å². The minimum absolute atomic E-state index is 0.0349. The summed E-state index contributed by atoms with van der Waals surface area (Å²) in [5, 5.41) is 0. The molecule has 1 fully saturated rings. The largest absolute Gasteiger partial charge is 0.299 e. The van der Waals surface area contributed by atoms with Gasteiger partial charge in [0.05, 0.1) is 12.3 Å². The van der Waals surface area contributed by atoms with Crippen molar-refractivity contribution in [3.05, 3.63) is 71.8 Å². The van der Waals surface area contributed by atoms with Gasteiger partial charge in [0.25, 0.3) is 0 Å². The van der Waals surface area contributed by atoms with Crippen molar-refractivity contribution in [2.24, 2.45) is 0 Å². The molecule has 100 valence electrons. The molecule has 0 heterocycles.